The molecule has 0 radical (unpaired) electrons. The first-order valence-electron chi connectivity index (χ1n) is 4.82. The largest absolute Gasteiger partial charge is 0.497 e. The standard InChI is InChI=1S/C11H16O4/c1-14-10-2-4-11(5-3-10)15-7-6-9(13)8-12/h2-5,9,12-13H,6-8H2,1H3/t9-/m1/s1. The Morgan fingerprint density at radius 2 is 1.80 bits per heavy atom. The average Bonchev–Trinajstić information content (AvgIpc) is 2.29. The molecule has 1 rings (SSSR count). The lowest BCUT2D eigenvalue weighted by Gasteiger charge is -2.09. The van der Waals surface area contributed by atoms with Gasteiger partial charge >= 0.3 is 0 Å². The zero-order valence-electron chi connectivity index (χ0n) is 8.72. The zero-order chi connectivity index (χ0) is 11.1. The van der Waals surface area contributed by atoms with E-state index in [1.165, 1.54) is 0 Å². The number of aliphatic hydroxyl groups is 2. The molecule has 0 heterocycles. The number of aliphatic hydroxyl groups excluding tert-OH is 2. The molecule has 2 N–H and O–H groups in total. The fraction of sp³-hybridized carbons (Fsp3) is 0.455. The molecule has 84 valence electrons. The molecule has 1 atom stereocenters. The van der Waals surface area contributed by atoms with Gasteiger partial charge in [0.15, 0.2) is 0 Å². The van der Waals surface area contributed by atoms with Crippen LogP contribution in [0.5, 0.6) is 11.5 Å². The Labute approximate surface area is 89.1 Å². The first-order valence-corrected chi connectivity index (χ1v) is 4.82. The van der Waals surface area contributed by atoms with Crippen molar-refractivity contribution in [2.75, 3.05) is 20.3 Å². The normalized spacial score (nSPS) is 12.2. The van der Waals surface area contributed by atoms with Gasteiger partial charge in [-0.25, -0.2) is 0 Å². The van der Waals surface area contributed by atoms with Crippen LogP contribution >= 0.6 is 0 Å². The average molecular weight is 212 g/mol. The molecule has 0 saturated heterocycles. The molecular formula is C11H16O4. The maximum Gasteiger partial charge on any atom is 0.119 e. The summed E-state index contributed by atoms with van der Waals surface area (Å²) in [6.07, 6.45) is -0.286. The predicted molar refractivity (Wildman–Crippen MR) is 56.2 cm³/mol. The summed E-state index contributed by atoms with van der Waals surface area (Å²) < 4.78 is 10.4. The van der Waals surface area contributed by atoms with Crippen molar-refractivity contribution >= 4 is 0 Å². The Kier molecular flexibility index (Phi) is 4.93. The topological polar surface area (TPSA) is 58.9 Å². The Morgan fingerprint density at radius 3 is 2.33 bits per heavy atom. The number of hydrogen-bond donors (Lipinski definition) is 2. The van der Waals surface area contributed by atoms with Crippen LogP contribution in [0.4, 0.5) is 0 Å². The van der Waals surface area contributed by atoms with Crippen LogP contribution in [0.3, 0.4) is 0 Å². The minimum Gasteiger partial charge on any atom is -0.497 e. The van der Waals surface area contributed by atoms with E-state index in [2.05, 4.69) is 0 Å². The van der Waals surface area contributed by atoms with E-state index in [9.17, 15) is 0 Å². The van der Waals surface area contributed by atoms with Crippen molar-refractivity contribution < 1.29 is 19.7 Å². The zero-order valence-corrected chi connectivity index (χ0v) is 8.72. The van der Waals surface area contributed by atoms with Crippen LogP contribution in [0.15, 0.2) is 24.3 Å². The summed E-state index contributed by atoms with van der Waals surface area (Å²) in [6.45, 7) is 0.153. The van der Waals surface area contributed by atoms with Gasteiger partial charge in [-0.2, -0.15) is 0 Å². The Morgan fingerprint density at radius 1 is 1.20 bits per heavy atom. The van der Waals surface area contributed by atoms with Gasteiger partial charge in [0, 0.05) is 6.42 Å². The van der Waals surface area contributed by atoms with E-state index in [0.29, 0.717) is 13.0 Å². The third-order valence-electron chi connectivity index (χ3n) is 1.99. The highest BCUT2D eigenvalue weighted by molar-refractivity contribution is 5.31. The van der Waals surface area contributed by atoms with Crippen LogP contribution < -0.4 is 9.47 Å². The van der Waals surface area contributed by atoms with Crippen LogP contribution in [-0.4, -0.2) is 36.6 Å². The summed E-state index contributed by atoms with van der Waals surface area (Å²) in [5.41, 5.74) is 0. The molecule has 0 spiro atoms. The maximum atomic E-state index is 9.07. The van der Waals surface area contributed by atoms with Crippen LogP contribution in [0.2, 0.25) is 0 Å². The molecule has 4 nitrogen and oxygen atoms in total. The molecular weight excluding hydrogens is 196 g/mol. The highest BCUT2D eigenvalue weighted by Gasteiger charge is 2.01. The van der Waals surface area contributed by atoms with Gasteiger partial charge in [0.1, 0.15) is 11.5 Å². The second-order valence-corrected chi connectivity index (χ2v) is 3.15. The third kappa shape index (κ3) is 4.18. The first-order chi connectivity index (χ1) is 7.26. The lowest BCUT2D eigenvalue weighted by atomic mass is 10.3. The van der Waals surface area contributed by atoms with E-state index in [1.807, 2.05) is 0 Å². The fourth-order valence-electron chi connectivity index (χ4n) is 1.08. The number of ether oxygens (including phenoxy) is 2. The van der Waals surface area contributed by atoms with Crippen molar-refractivity contribution in [2.24, 2.45) is 0 Å². The van der Waals surface area contributed by atoms with Crippen molar-refractivity contribution in [3.8, 4) is 11.5 Å². The van der Waals surface area contributed by atoms with Crippen molar-refractivity contribution in [3.05, 3.63) is 24.3 Å². The van der Waals surface area contributed by atoms with Gasteiger partial charge in [0.25, 0.3) is 0 Å². The van der Waals surface area contributed by atoms with Crippen molar-refractivity contribution in [1.29, 1.82) is 0 Å². The minimum absolute atomic E-state index is 0.230. The van der Waals surface area contributed by atoms with Gasteiger partial charge in [-0.05, 0) is 24.3 Å². The Hall–Kier alpha value is -1.26. The van der Waals surface area contributed by atoms with E-state index >= 15 is 0 Å². The summed E-state index contributed by atoms with van der Waals surface area (Å²) in [6, 6.07) is 7.20. The molecule has 0 aliphatic rings. The molecule has 1 aromatic rings. The summed E-state index contributed by atoms with van der Waals surface area (Å²) >= 11 is 0. The maximum absolute atomic E-state index is 9.07. The van der Waals surface area contributed by atoms with Crippen LogP contribution in [-0.2, 0) is 0 Å². The fourth-order valence-corrected chi connectivity index (χ4v) is 1.08. The van der Waals surface area contributed by atoms with Gasteiger partial charge in [-0.3, -0.25) is 0 Å². The number of benzene rings is 1. The third-order valence-corrected chi connectivity index (χ3v) is 1.99. The van der Waals surface area contributed by atoms with Gasteiger partial charge < -0.3 is 19.7 Å². The first kappa shape index (κ1) is 11.8. The van der Waals surface area contributed by atoms with Gasteiger partial charge in [0.05, 0.1) is 26.4 Å². The lowest BCUT2D eigenvalue weighted by Crippen LogP contribution is -2.15. The molecule has 0 aromatic heterocycles. The molecule has 0 aliphatic heterocycles. The van der Waals surface area contributed by atoms with Crippen LogP contribution in [0.25, 0.3) is 0 Å². The number of hydrogen-bond acceptors (Lipinski definition) is 4. The Balaban J connectivity index is 2.31. The molecule has 0 amide bonds. The number of rotatable bonds is 6. The van der Waals surface area contributed by atoms with E-state index in [1.54, 1.807) is 31.4 Å². The molecule has 0 fully saturated rings. The molecule has 1 aromatic carbocycles. The molecule has 15 heavy (non-hydrogen) atoms. The molecule has 4 heteroatoms. The van der Waals surface area contributed by atoms with Crippen molar-refractivity contribution in [1.82, 2.24) is 0 Å². The Bertz CT molecular complexity index is 270. The second kappa shape index (κ2) is 6.27. The minimum atomic E-state index is -0.705. The molecule has 0 aliphatic carbocycles. The summed E-state index contributed by atoms with van der Waals surface area (Å²) in [7, 11) is 1.60. The van der Waals surface area contributed by atoms with Crippen LogP contribution in [0.1, 0.15) is 6.42 Å². The highest BCUT2D eigenvalue weighted by atomic mass is 16.5. The molecule has 0 saturated carbocycles. The number of methoxy groups -OCH3 is 1. The van der Waals surface area contributed by atoms with Crippen molar-refractivity contribution in [3.63, 3.8) is 0 Å². The summed E-state index contributed by atoms with van der Waals surface area (Å²) in [5.74, 6) is 1.50. The predicted octanol–water partition coefficient (Wildman–Crippen LogP) is 0.817. The van der Waals surface area contributed by atoms with Gasteiger partial charge in [-0.15, -0.1) is 0 Å². The van der Waals surface area contributed by atoms with E-state index in [4.69, 9.17) is 19.7 Å². The highest BCUT2D eigenvalue weighted by Crippen LogP contribution is 2.17. The quantitative estimate of drug-likeness (QED) is 0.733. The lowest BCUT2D eigenvalue weighted by molar-refractivity contribution is 0.0754. The van der Waals surface area contributed by atoms with Crippen LogP contribution in [0, 0.1) is 0 Å². The van der Waals surface area contributed by atoms with E-state index in [0.717, 1.165) is 11.5 Å². The molecule has 0 unspecified atom stereocenters. The molecule has 0 bridgehead atoms. The summed E-state index contributed by atoms with van der Waals surface area (Å²) in [5, 5.41) is 17.6. The summed E-state index contributed by atoms with van der Waals surface area (Å²) in [4.78, 5) is 0. The van der Waals surface area contributed by atoms with Gasteiger partial charge in [0.2, 0.25) is 0 Å². The van der Waals surface area contributed by atoms with E-state index in [-0.39, 0.29) is 6.61 Å². The monoisotopic (exact) mass is 212 g/mol. The second-order valence-electron chi connectivity index (χ2n) is 3.15. The SMILES string of the molecule is COc1ccc(OCC[C@@H](O)CO)cc1. The smallest absolute Gasteiger partial charge is 0.119 e. The van der Waals surface area contributed by atoms with Crippen molar-refractivity contribution in [2.45, 2.75) is 12.5 Å². The van der Waals surface area contributed by atoms with E-state index < -0.39 is 6.10 Å². The van der Waals surface area contributed by atoms with Gasteiger partial charge in [-0.1, -0.05) is 0 Å².